The van der Waals surface area contributed by atoms with Crippen molar-refractivity contribution in [1.82, 2.24) is 19.8 Å². The molecule has 3 heterocycles. The molecule has 1 saturated heterocycles. The topological polar surface area (TPSA) is 58.6 Å². The molecular formula is C23H22N4O2S2. The fourth-order valence-electron chi connectivity index (χ4n) is 3.75. The average Bonchev–Trinajstić information content (AvgIpc) is 3.48. The highest BCUT2D eigenvalue weighted by atomic mass is 32.1. The lowest BCUT2D eigenvalue weighted by Crippen LogP contribution is -2.48. The smallest absolute Gasteiger partial charge is 0.253 e. The second-order valence-corrected chi connectivity index (χ2v) is 9.29. The van der Waals surface area contributed by atoms with Crippen molar-refractivity contribution in [3.8, 4) is 17.0 Å². The van der Waals surface area contributed by atoms with E-state index in [0.717, 1.165) is 70.5 Å². The summed E-state index contributed by atoms with van der Waals surface area (Å²) in [6.45, 7) is 3.99. The fraction of sp³-hybridized carbons (Fsp3) is 0.261. The number of fused-ring (bicyclic) bond motifs is 1. The van der Waals surface area contributed by atoms with Gasteiger partial charge in [-0.1, -0.05) is 0 Å². The van der Waals surface area contributed by atoms with E-state index >= 15 is 0 Å². The van der Waals surface area contributed by atoms with Gasteiger partial charge in [-0.05, 0) is 42.5 Å². The SMILES string of the molecule is COc1ccc(-c2csc(CN3CCN(C(=O)c4ccc5ncsc5c4)CC3)n2)cc1. The Balaban J connectivity index is 1.18. The van der Waals surface area contributed by atoms with E-state index in [0.29, 0.717) is 0 Å². The Morgan fingerprint density at radius 2 is 1.87 bits per heavy atom. The van der Waals surface area contributed by atoms with E-state index in [9.17, 15) is 4.79 Å². The number of piperazine rings is 1. The largest absolute Gasteiger partial charge is 0.497 e. The van der Waals surface area contributed by atoms with Gasteiger partial charge in [-0.2, -0.15) is 0 Å². The summed E-state index contributed by atoms with van der Waals surface area (Å²) in [5.41, 5.74) is 5.60. The van der Waals surface area contributed by atoms with Crippen LogP contribution in [0, 0.1) is 0 Å². The van der Waals surface area contributed by atoms with Gasteiger partial charge in [0.2, 0.25) is 0 Å². The third kappa shape index (κ3) is 4.32. The lowest BCUT2D eigenvalue weighted by Gasteiger charge is -2.34. The first kappa shape index (κ1) is 20.1. The van der Waals surface area contributed by atoms with E-state index < -0.39 is 0 Å². The van der Waals surface area contributed by atoms with Crippen molar-refractivity contribution >= 4 is 38.8 Å². The molecule has 5 rings (SSSR count). The van der Waals surface area contributed by atoms with Crippen LogP contribution < -0.4 is 4.74 Å². The Hall–Kier alpha value is -2.81. The van der Waals surface area contributed by atoms with Crippen LogP contribution in [0.5, 0.6) is 5.75 Å². The summed E-state index contributed by atoms with van der Waals surface area (Å²) in [4.78, 5) is 26.3. The molecule has 4 aromatic rings. The number of nitrogens with zero attached hydrogens (tertiary/aromatic N) is 4. The molecule has 1 aliphatic heterocycles. The van der Waals surface area contributed by atoms with Gasteiger partial charge in [0.05, 0.1) is 35.1 Å². The molecule has 8 heteroatoms. The Labute approximate surface area is 188 Å². The first-order chi connectivity index (χ1) is 15.2. The van der Waals surface area contributed by atoms with E-state index in [1.807, 2.05) is 52.9 Å². The van der Waals surface area contributed by atoms with Crippen molar-refractivity contribution in [1.29, 1.82) is 0 Å². The molecule has 0 radical (unpaired) electrons. The molecule has 0 aliphatic carbocycles. The van der Waals surface area contributed by atoms with Crippen LogP contribution >= 0.6 is 22.7 Å². The van der Waals surface area contributed by atoms with E-state index in [1.165, 1.54) is 0 Å². The molecule has 6 nitrogen and oxygen atoms in total. The van der Waals surface area contributed by atoms with E-state index in [1.54, 1.807) is 29.8 Å². The molecule has 1 fully saturated rings. The molecule has 0 atom stereocenters. The Kier molecular flexibility index (Phi) is 5.67. The molecule has 1 amide bonds. The Morgan fingerprint density at radius 3 is 2.65 bits per heavy atom. The molecule has 0 saturated carbocycles. The summed E-state index contributed by atoms with van der Waals surface area (Å²) in [5.74, 6) is 0.949. The van der Waals surface area contributed by atoms with Crippen molar-refractivity contribution < 1.29 is 9.53 Å². The van der Waals surface area contributed by atoms with Crippen molar-refractivity contribution in [2.45, 2.75) is 6.54 Å². The predicted molar refractivity (Wildman–Crippen MR) is 125 cm³/mol. The molecule has 2 aromatic carbocycles. The van der Waals surface area contributed by atoms with E-state index in [4.69, 9.17) is 9.72 Å². The fourth-order valence-corrected chi connectivity index (χ4v) is 5.31. The number of thiazole rings is 2. The molecule has 0 N–H and O–H groups in total. The number of ether oxygens (including phenoxy) is 1. The van der Waals surface area contributed by atoms with Gasteiger partial charge < -0.3 is 9.64 Å². The van der Waals surface area contributed by atoms with Gasteiger partial charge in [0.1, 0.15) is 10.8 Å². The number of benzene rings is 2. The van der Waals surface area contributed by atoms with E-state index in [2.05, 4.69) is 15.3 Å². The highest BCUT2D eigenvalue weighted by Crippen LogP contribution is 2.25. The maximum absolute atomic E-state index is 12.9. The summed E-state index contributed by atoms with van der Waals surface area (Å²) >= 11 is 3.25. The summed E-state index contributed by atoms with van der Waals surface area (Å²) in [6.07, 6.45) is 0. The third-order valence-corrected chi connectivity index (χ3v) is 7.16. The summed E-state index contributed by atoms with van der Waals surface area (Å²) < 4.78 is 6.28. The van der Waals surface area contributed by atoms with Crippen molar-refractivity contribution in [3.63, 3.8) is 0 Å². The summed E-state index contributed by atoms with van der Waals surface area (Å²) in [7, 11) is 1.67. The van der Waals surface area contributed by atoms with Crippen LogP contribution in [-0.4, -0.2) is 59.0 Å². The van der Waals surface area contributed by atoms with Gasteiger partial charge in [-0.3, -0.25) is 9.69 Å². The van der Waals surface area contributed by atoms with Crippen LogP contribution in [0.15, 0.2) is 53.4 Å². The number of aromatic nitrogens is 2. The van der Waals surface area contributed by atoms with Gasteiger partial charge in [0.25, 0.3) is 5.91 Å². The number of carbonyl (C=O) groups is 1. The van der Waals surface area contributed by atoms with Crippen LogP contribution in [0.2, 0.25) is 0 Å². The zero-order valence-corrected chi connectivity index (χ0v) is 18.8. The van der Waals surface area contributed by atoms with Crippen LogP contribution in [0.25, 0.3) is 21.5 Å². The maximum atomic E-state index is 12.9. The molecule has 158 valence electrons. The lowest BCUT2D eigenvalue weighted by molar-refractivity contribution is 0.0628. The number of amides is 1. The van der Waals surface area contributed by atoms with Gasteiger partial charge in [-0.25, -0.2) is 9.97 Å². The van der Waals surface area contributed by atoms with Crippen molar-refractivity contribution in [2.75, 3.05) is 33.3 Å². The molecule has 31 heavy (non-hydrogen) atoms. The maximum Gasteiger partial charge on any atom is 0.253 e. The Morgan fingerprint density at radius 1 is 1.06 bits per heavy atom. The molecule has 0 spiro atoms. The highest BCUT2D eigenvalue weighted by molar-refractivity contribution is 7.16. The molecular weight excluding hydrogens is 428 g/mol. The average molecular weight is 451 g/mol. The van der Waals surface area contributed by atoms with Gasteiger partial charge in [-0.15, -0.1) is 22.7 Å². The molecule has 0 unspecified atom stereocenters. The van der Waals surface area contributed by atoms with Gasteiger partial charge in [0, 0.05) is 42.7 Å². The van der Waals surface area contributed by atoms with Crippen molar-refractivity contribution in [3.05, 3.63) is 63.9 Å². The minimum atomic E-state index is 0.103. The molecule has 0 bridgehead atoms. The molecule has 1 aliphatic rings. The number of carbonyl (C=O) groups excluding carboxylic acids is 1. The normalized spacial score (nSPS) is 14.8. The number of hydrogen-bond donors (Lipinski definition) is 0. The summed E-state index contributed by atoms with van der Waals surface area (Å²) in [6, 6.07) is 13.7. The minimum absolute atomic E-state index is 0.103. The number of hydrogen-bond acceptors (Lipinski definition) is 7. The highest BCUT2D eigenvalue weighted by Gasteiger charge is 2.23. The Bertz CT molecular complexity index is 1190. The number of rotatable bonds is 5. The lowest BCUT2D eigenvalue weighted by atomic mass is 10.1. The predicted octanol–water partition coefficient (Wildman–Crippen LogP) is 4.39. The molecule has 2 aromatic heterocycles. The summed E-state index contributed by atoms with van der Waals surface area (Å²) in [5, 5.41) is 3.20. The van der Waals surface area contributed by atoms with Crippen LogP contribution in [-0.2, 0) is 6.54 Å². The van der Waals surface area contributed by atoms with Crippen LogP contribution in [0.3, 0.4) is 0 Å². The first-order valence-corrected chi connectivity index (χ1v) is 11.9. The second-order valence-electron chi connectivity index (χ2n) is 7.46. The monoisotopic (exact) mass is 450 g/mol. The second kappa shape index (κ2) is 8.74. The van der Waals surface area contributed by atoms with Crippen LogP contribution in [0.4, 0.5) is 0 Å². The van der Waals surface area contributed by atoms with Gasteiger partial charge >= 0.3 is 0 Å². The first-order valence-electron chi connectivity index (χ1n) is 10.1. The van der Waals surface area contributed by atoms with Crippen LogP contribution in [0.1, 0.15) is 15.4 Å². The quantitative estimate of drug-likeness (QED) is 0.451. The number of methoxy groups -OCH3 is 1. The zero-order valence-electron chi connectivity index (χ0n) is 17.2. The zero-order chi connectivity index (χ0) is 21.2. The standard InChI is InChI=1S/C23H22N4O2S2/c1-29-18-5-2-16(3-6-18)20-14-30-22(25-20)13-26-8-10-27(11-9-26)23(28)17-4-7-19-21(12-17)31-15-24-19/h2-7,12,14-15H,8-11,13H2,1H3. The third-order valence-electron chi connectivity index (χ3n) is 5.53. The van der Waals surface area contributed by atoms with Gasteiger partial charge in [0.15, 0.2) is 0 Å². The van der Waals surface area contributed by atoms with E-state index in [-0.39, 0.29) is 5.91 Å². The minimum Gasteiger partial charge on any atom is -0.497 e. The van der Waals surface area contributed by atoms with Crippen molar-refractivity contribution in [2.24, 2.45) is 0 Å².